The molecule has 0 saturated heterocycles. The van der Waals surface area contributed by atoms with Crippen molar-refractivity contribution in [2.45, 2.75) is 110 Å². The molecule has 2 saturated carbocycles. The van der Waals surface area contributed by atoms with E-state index in [-0.39, 0.29) is 5.92 Å². The molecule has 5 rings (SSSR count). The summed E-state index contributed by atoms with van der Waals surface area (Å²) in [7, 11) is 2.10. The number of rotatable bonds is 4. The van der Waals surface area contributed by atoms with Crippen LogP contribution in [0.4, 0.5) is 0 Å². The van der Waals surface area contributed by atoms with Crippen LogP contribution in [0.1, 0.15) is 115 Å². The minimum Gasteiger partial charge on any atom is -0.371 e. The molecule has 38 heavy (non-hydrogen) atoms. The van der Waals surface area contributed by atoms with Crippen LogP contribution in [-0.2, 0) is 11.2 Å². The summed E-state index contributed by atoms with van der Waals surface area (Å²) in [5.74, 6) is 1.19. The number of Topliss-reactive ketones (excluding diaryl/α,β-unsaturated/α-hetero) is 1. The molecule has 4 heteroatoms. The van der Waals surface area contributed by atoms with Crippen molar-refractivity contribution in [3.63, 3.8) is 0 Å². The van der Waals surface area contributed by atoms with Gasteiger partial charge in [0, 0.05) is 48.9 Å². The standard InChI is InChI=1S/C34H49N3O/c1-25-8-7-21-37(3)32(22-25)33(38)28-11-4-9-27(10-5-16-34(18-19-34)17-6-12-28)23-31-29-15-20-35-30(29)14-13-26(2)24-36-31/h8,15,20,22,24,27-28,35H,4-7,9-14,16-19,21,23H2,1-3H3. The number of nitrogens with one attached hydrogen (secondary N) is 1. The lowest BCUT2D eigenvalue weighted by Gasteiger charge is -2.27. The number of aliphatic imine (C=N–C) groups is 1. The van der Waals surface area contributed by atoms with Gasteiger partial charge in [-0.2, -0.15) is 0 Å². The lowest BCUT2D eigenvalue weighted by Crippen LogP contribution is -2.29. The smallest absolute Gasteiger partial charge is 0.181 e. The molecule has 2 atom stereocenters. The van der Waals surface area contributed by atoms with E-state index in [0.717, 1.165) is 57.2 Å². The Bertz CT molecular complexity index is 1110. The highest BCUT2D eigenvalue weighted by Crippen LogP contribution is 2.54. The van der Waals surface area contributed by atoms with Gasteiger partial charge in [0.25, 0.3) is 0 Å². The molecule has 1 aromatic rings. The molecule has 3 heterocycles. The van der Waals surface area contributed by atoms with Crippen molar-refractivity contribution in [3.05, 3.63) is 58.7 Å². The van der Waals surface area contributed by atoms with Crippen molar-refractivity contribution in [1.29, 1.82) is 0 Å². The first kappa shape index (κ1) is 27.2. The highest BCUT2D eigenvalue weighted by molar-refractivity contribution is 6.02. The molecule has 4 aliphatic rings. The van der Waals surface area contributed by atoms with E-state index < -0.39 is 0 Å². The number of fused-ring (bicyclic) bond motifs is 1. The molecule has 2 aliphatic heterocycles. The molecule has 2 fully saturated rings. The number of nitrogens with zero attached hydrogens (tertiary/aromatic N) is 2. The van der Waals surface area contributed by atoms with Gasteiger partial charge >= 0.3 is 0 Å². The Morgan fingerprint density at radius 3 is 2.63 bits per heavy atom. The molecule has 2 aliphatic carbocycles. The number of H-pyrrole nitrogens is 1. The van der Waals surface area contributed by atoms with Crippen molar-refractivity contribution in [1.82, 2.24) is 9.88 Å². The zero-order chi connectivity index (χ0) is 26.5. The molecular formula is C34H49N3O. The maximum Gasteiger partial charge on any atom is 0.181 e. The van der Waals surface area contributed by atoms with Gasteiger partial charge in [0.05, 0.1) is 5.70 Å². The summed E-state index contributed by atoms with van der Waals surface area (Å²) in [6, 6.07) is 2.24. The van der Waals surface area contributed by atoms with Crippen LogP contribution in [0.5, 0.6) is 0 Å². The van der Waals surface area contributed by atoms with E-state index in [2.05, 4.69) is 61.4 Å². The second kappa shape index (κ2) is 12.2. The number of aryl methyl sites for hydroxylation is 1. The fourth-order valence-corrected chi connectivity index (χ4v) is 7.12. The van der Waals surface area contributed by atoms with Crippen molar-refractivity contribution >= 4 is 11.5 Å². The molecule has 0 aromatic carbocycles. The number of likely N-dealkylation sites (N-methyl/N-ethyl adjacent to an activating group) is 1. The number of carbonyl (C=O) groups excluding carboxylic acids is 1. The van der Waals surface area contributed by atoms with E-state index in [1.54, 1.807) is 0 Å². The quantitative estimate of drug-likeness (QED) is 0.438. The average molecular weight is 516 g/mol. The molecule has 0 radical (unpaired) electrons. The Balaban J connectivity index is 1.32. The summed E-state index contributed by atoms with van der Waals surface area (Å²) in [6.45, 7) is 5.28. The van der Waals surface area contributed by atoms with E-state index in [1.165, 1.54) is 79.5 Å². The number of allylic oxidation sites excluding steroid dienone is 4. The first-order valence-electron chi connectivity index (χ1n) is 15.5. The highest BCUT2D eigenvalue weighted by atomic mass is 16.1. The summed E-state index contributed by atoms with van der Waals surface area (Å²) < 4.78 is 0. The molecule has 1 aromatic heterocycles. The first-order valence-corrected chi connectivity index (χ1v) is 15.5. The van der Waals surface area contributed by atoms with Crippen LogP contribution in [-0.4, -0.2) is 35.0 Å². The van der Waals surface area contributed by atoms with Crippen LogP contribution in [0.2, 0.25) is 0 Å². The van der Waals surface area contributed by atoms with E-state index in [9.17, 15) is 4.79 Å². The van der Waals surface area contributed by atoms with Crippen LogP contribution in [0.25, 0.3) is 0 Å². The van der Waals surface area contributed by atoms with Crippen LogP contribution < -0.4 is 0 Å². The molecule has 0 bridgehead atoms. The van der Waals surface area contributed by atoms with Gasteiger partial charge in [-0.15, -0.1) is 0 Å². The van der Waals surface area contributed by atoms with Gasteiger partial charge in [0.15, 0.2) is 5.78 Å². The van der Waals surface area contributed by atoms with Crippen LogP contribution in [0, 0.1) is 17.3 Å². The maximum absolute atomic E-state index is 13.9. The SMILES string of the molecule is CC1=CCCN(C)C(C(=O)C2CCCC(CC3=NC=C(C)CCc4[nH]ccc43)CCCC3(CCC2)CC3)=C1. The summed E-state index contributed by atoms with van der Waals surface area (Å²) >= 11 is 0. The lowest BCUT2D eigenvalue weighted by atomic mass is 9.81. The number of hydrogen-bond donors (Lipinski definition) is 1. The van der Waals surface area contributed by atoms with E-state index >= 15 is 0 Å². The molecule has 206 valence electrons. The van der Waals surface area contributed by atoms with Crippen molar-refractivity contribution in [2.75, 3.05) is 13.6 Å². The summed E-state index contributed by atoms with van der Waals surface area (Å²) in [6.07, 6.45) is 26.6. The van der Waals surface area contributed by atoms with Crippen molar-refractivity contribution < 1.29 is 4.79 Å². The second-order valence-corrected chi connectivity index (χ2v) is 13.0. The summed E-state index contributed by atoms with van der Waals surface area (Å²) in [4.78, 5) is 24.6. The van der Waals surface area contributed by atoms with Gasteiger partial charge in [0.2, 0.25) is 0 Å². The molecular weight excluding hydrogens is 466 g/mol. The normalized spacial score (nSPS) is 26.8. The van der Waals surface area contributed by atoms with Gasteiger partial charge in [-0.05, 0) is 102 Å². The Hall–Kier alpha value is -2.36. The average Bonchev–Trinajstić information content (AvgIpc) is 3.54. The minimum absolute atomic E-state index is 0.158. The number of carbonyl (C=O) groups is 1. The third-order valence-corrected chi connectivity index (χ3v) is 9.87. The van der Waals surface area contributed by atoms with Crippen LogP contribution in [0.15, 0.2) is 52.5 Å². The first-order chi connectivity index (χ1) is 18.4. The molecule has 1 N–H and O–H groups in total. The Labute approximate surface area is 230 Å². The van der Waals surface area contributed by atoms with E-state index in [0.29, 0.717) is 17.1 Å². The number of aromatic nitrogens is 1. The Kier molecular flexibility index (Phi) is 8.75. The van der Waals surface area contributed by atoms with Crippen molar-refractivity contribution in [2.24, 2.45) is 22.2 Å². The number of ketones is 1. The van der Waals surface area contributed by atoms with Crippen molar-refractivity contribution in [3.8, 4) is 0 Å². The Morgan fingerprint density at radius 1 is 1.05 bits per heavy atom. The Morgan fingerprint density at radius 2 is 1.82 bits per heavy atom. The van der Waals surface area contributed by atoms with Gasteiger partial charge in [-0.25, -0.2) is 0 Å². The van der Waals surface area contributed by atoms with Crippen LogP contribution >= 0.6 is 0 Å². The topological polar surface area (TPSA) is 48.5 Å². The zero-order valence-corrected chi connectivity index (χ0v) is 24.2. The highest BCUT2D eigenvalue weighted by Gasteiger charge is 2.41. The van der Waals surface area contributed by atoms with Gasteiger partial charge < -0.3 is 9.88 Å². The van der Waals surface area contributed by atoms with E-state index in [1.807, 2.05) is 0 Å². The fourth-order valence-electron chi connectivity index (χ4n) is 7.12. The fraction of sp³-hybridized carbons (Fsp3) is 0.647. The monoisotopic (exact) mass is 515 g/mol. The zero-order valence-electron chi connectivity index (χ0n) is 24.2. The lowest BCUT2D eigenvalue weighted by molar-refractivity contribution is -0.121. The maximum atomic E-state index is 13.9. The molecule has 0 amide bonds. The molecule has 4 nitrogen and oxygen atoms in total. The third kappa shape index (κ3) is 6.79. The predicted molar refractivity (Wildman–Crippen MR) is 158 cm³/mol. The van der Waals surface area contributed by atoms with Gasteiger partial charge in [0.1, 0.15) is 0 Å². The summed E-state index contributed by atoms with van der Waals surface area (Å²) in [5, 5.41) is 0. The molecule has 2 unspecified atom stereocenters. The summed E-state index contributed by atoms with van der Waals surface area (Å²) in [5.41, 5.74) is 8.06. The predicted octanol–water partition coefficient (Wildman–Crippen LogP) is 8.32. The second-order valence-electron chi connectivity index (χ2n) is 13.0. The van der Waals surface area contributed by atoms with E-state index in [4.69, 9.17) is 4.99 Å². The largest absolute Gasteiger partial charge is 0.371 e. The molecule has 1 spiro atoms. The third-order valence-electron chi connectivity index (χ3n) is 9.87. The van der Waals surface area contributed by atoms with Gasteiger partial charge in [-0.3, -0.25) is 9.79 Å². The minimum atomic E-state index is 0.158. The van der Waals surface area contributed by atoms with Crippen LogP contribution in [0.3, 0.4) is 0 Å². The van der Waals surface area contributed by atoms with Gasteiger partial charge in [-0.1, -0.05) is 49.3 Å². The number of aromatic amines is 1. The number of hydrogen-bond acceptors (Lipinski definition) is 3.